The van der Waals surface area contributed by atoms with Gasteiger partial charge >= 0.3 is 5.97 Å². The molecule has 0 bridgehead atoms. The smallest absolute Gasteiger partial charge is 0.337 e. The van der Waals surface area contributed by atoms with Crippen LogP contribution in [0, 0.1) is 17.0 Å². The van der Waals surface area contributed by atoms with Crippen molar-refractivity contribution in [2.45, 2.75) is 6.92 Å². The number of ether oxygens (including phenoxy) is 1. The highest BCUT2D eigenvalue weighted by Crippen LogP contribution is 2.20. The molecule has 0 N–H and O–H groups in total. The molecule has 2 rings (SSSR count). The molecule has 0 aromatic heterocycles. The average molecular weight is 325 g/mol. The summed E-state index contributed by atoms with van der Waals surface area (Å²) in [6.45, 7) is 1.62. The Morgan fingerprint density at radius 3 is 2.29 bits per heavy atom. The Bertz CT molecular complexity index is 822. The Morgan fingerprint density at radius 2 is 1.71 bits per heavy atom. The van der Waals surface area contributed by atoms with Crippen LogP contribution >= 0.6 is 0 Å². The molecule has 0 radical (unpaired) electrons. The maximum Gasteiger partial charge on any atom is 0.337 e. The minimum atomic E-state index is -0.513. The summed E-state index contributed by atoms with van der Waals surface area (Å²) < 4.78 is 4.61. The minimum Gasteiger partial charge on any atom is -0.465 e. The van der Waals surface area contributed by atoms with Gasteiger partial charge in [0, 0.05) is 17.2 Å². The van der Waals surface area contributed by atoms with Crippen LogP contribution in [0.15, 0.2) is 48.5 Å². The molecule has 2 aromatic carbocycles. The van der Waals surface area contributed by atoms with Crippen molar-refractivity contribution < 1.29 is 19.2 Å². The first-order valence-corrected chi connectivity index (χ1v) is 7.08. The molecule has 0 amide bonds. The van der Waals surface area contributed by atoms with E-state index in [2.05, 4.69) is 4.74 Å². The number of methoxy groups -OCH3 is 1. The van der Waals surface area contributed by atoms with E-state index in [1.54, 1.807) is 49.4 Å². The van der Waals surface area contributed by atoms with Gasteiger partial charge in [-0.3, -0.25) is 14.9 Å². The van der Waals surface area contributed by atoms with Crippen molar-refractivity contribution in [1.82, 2.24) is 0 Å². The minimum absolute atomic E-state index is 0.0864. The van der Waals surface area contributed by atoms with E-state index in [0.717, 1.165) is 5.56 Å². The summed E-state index contributed by atoms with van der Waals surface area (Å²) in [7, 11) is 1.30. The number of nitro benzene ring substituents is 1. The van der Waals surface area contributed by atoms with Crippen LogP contribution in [0.25, 0.3) is 6.08 Å². The van der Waals surface area contributed by atoms with Gasteiger partial charge in [0.25, 0.3) is 5.69 Å². The van der Waals surface area contributed by atoms with E-state index in [4.69, 9.17) is 0 Å². The molecule has 0 aliphatic rings. The molecule has 0 saturated heterocycles. The second-order valence-electron chi connectivity index (χ2n) is 5.07. The Balaban J connectivity index is 2.17. The summed E-state index contributed by atoms with van der Waals surface area (Å²) in [5.74, 6) is -0.774. The number of esters is 1. The highest BCUT2D eigenvalue weighted by molar-refractivity contribution is 6.07. The normalized spacial score (nSPS) is 10.6. The maximum atomic E-state index is 12.1. The number of carbonyl (C=O) groups is 2. The van der Waals surface area contributed by atoms with Crippen molar-refractivity contribution in [3.05, 3.63) is 80.9 Å². The summed E-state index contributed by atoms with van der Waals surface area (Å²) in [5.41, 5.74) is 1.79. The molecule has 0 heterocycles. The van der Waals surface area contributed by atoms with Crippen molar-refractivity contribution in [2.24, 2.45) is 0 Å². The highest BCUT2D eigenvalue weighted by atomic mass is 16.6. The van der Waals surface area contributed by atoms with Gasteiger partial charge in [0.05, 0.1) is 17.6 Å². The van der Waals surface area contributed by atoms with E-state index in [0.29, 0.717) is 11.1 Å². The third-order valence-electron chi connectivity index (χ3n) is 3.45. The Hall–Kier alpha value is -3.28. The fraction of sp³-hybridized carbons (Fsp3) is 0.111. The molecule has 122 valence electrons. The van der Waals surface area contributed by atoms with E-state index in [1.807, 2.05) is 0 Å². The predicted octanol–water partition coefficient (Wildman–Crippen LogP) is 3.59. The van der Waals surface area contributed by atoms with E-state index in [-0.39, 0.29) is 17.0 Å². The lowest BCUT2D eigenvalue weighted by molar-refractivity contribution is -0.385. The molecule has 6 heteroatoms. The summed E-state index contributed by atoms with van der Waals surface area (Å²) in [5, 5.41) is 10.9. The number of hydrogen-bond acceptors (Lipinski definition) is 5. The number of hydrogen-bond donors (Lipinski definition) is 0. The van der Waals surface area contributed by atoms with Crippen molar-refractivity contribution in [2.75, 3.05) is 7.11 Å². The van der Waals surface area contributed by atoms with Crippen LogP contribution in [-0.2, 0) is 4.74 Å². The third kappa shape index (κ3) is 3.92. The van der Waals surface area contributed by atoms with Crippen molar-refractivity contribution >= 4 is 23.5 Å². The Kier molecular flexibility index (Phi) is 5.21. The molecular weight excluding hydrogens is 310 g/mol. The molecule has 0 atom stereocenters. The molecule has 0 unspecified atom stereocenters. The van der Waals surface area contributed by atoms with Crippen molar-refractivity contribution in [1.29, 1.82) is 0 Å². The topological polar surface area (TPSA) is 86.5 Å². The number of nitro groups is 1. The van der Waals surface area contributed by atoms with Gasteiger partial charge in [-0.2, -0.15) is 0 Å². The number of aryl methyl sites for hydroxylation is 1. The summed E-state index contributed by atoms with van der Waals surface area (Å²) in [6.07, 6.45) is 2.91. The molecule has 0 saturated carbocycles. The first-order valence-electron chi connectivity index (χ1n) is 7.08. The number of nitrogens with zero attached hydrogens (tertiary/aromatic N) is 1. The zero-order chi connectivity index (χ0) is 17.7. The zero-order valence-electron chi connectivity index (χ0n) is 13.2. The van der Waals surface area contributed by atoms with Crippen LogP contribution < -0.4 is 0 Å². The van der Waals surface area contributed by atoms with Gasteiger partial charge in [0.15, 0.2) is 5.78 Å². The summed E-state index contributed by atoms with van der Waals surface area (Å²) in [4.78, 5) is 33.9. The van der Waals surface area contributed by atoms with Gasteiger partial charge in [-0.25, -0.2) is 4.79 Å². The lowest BCUT2D eigenvalue weighted by atomic mass is 10.1. The van der Waals surface area contributed by atoms with Gasteiger partial charge in [-0.05, 0) is 30.7 Å². The second-order valence-corrected chi connectivity index (χ2v) is 5.07. The number of allylic oxidation sites excluding steroid dienone is 1. The van der Waals surface area contributed by atoms with Crippen LogP contribution in [0.3, 0.4) is 0 Å². The van der Waals surface area contributed by atoms with Crippen LogP contribution in [0.5, 0.6) is 0 Å². The predicted molar refractivity (Wildman–Crippen MR) is 89.0 cm³/mol. The monoisotopic (exact) mass is 325 g/mol. The molecule has 0 spiro atoms. The van der Waals surface area contributed by atoms with Crippen LogP contribution in [0.2, 0.25) is 0 Å². The standard InChI is InChI=1S/C18H15NO5/c1-12-3-7-15(11-16(12)19(22)23)17(20)10-6-13-4-8-14(9-5-13)18(21)24-2/h3-11H,1-2H3/b10-6+. The van der Waals surface area contributed by atoms with E-state index < -0.39 is 10.9 Å². The Morgan fingerprint density at radius 1 is 1.08 bits per heavy atom. The quantitative estimate of drug-likeness (QED) is 0.276. The lowest BCUT2D eigenvalue weighted by Gasteiger charge is -2.01. The Labute approximate surface area is 138 Å². The average Bonchev–Trinajstić information content (AvgIpc) is 2.59. The van der Waals surface area contributed by atoms with E-state index >= 15 is 0 Å². The zero-order valence-corrected chi connectivity index (χ0v) is 13.2. The van der Waals surface area contributed by atoms with E-state index in [1.165, 1.54) is 19.3 Å². The molecule has 6 nitrogen and oxygen atoms in total. The molecule has 0 fully saturated rings. The van der Waals surface area contributed by atoms with Crippen molar-refractivity contribution in [3.63, 3.8) is 0 Å². The maximum absolute atomic E-state index is 12.1. The lowest BCUT2D eigenvalue weighted by Crippen LogP contribution is -2.00. The number of rotatable bonds is 5. The first-order chi connectivity index (χ1) is 11.4. The second kappa shape index (κ2) is 7.32. The van der Waals surface area contributed by atoms with Crippen LogP contribution in [-0.4, -0.2) is 23.8 Å². The molecule has 0 aliphatic heterocycles. The van der Waals surface area contributed by atoms with Gasteiger partial charge in [0.1, 0.15) is 0 Å². The SMILES string of the molecule is COC(=O)c1ccc(/C=C/C(=O)c2ccc(C)c([N+](=O)[O-])c2)cc1. The first kappa shape index (κ1) is 17.1. The van der Waals surface area contributed by atoms with Crippen LogP contribution in [0.4, 0.5) is 5.69 Å². The molecule has 2 aromatic rings. The summed E-state index contributed by atoms with van der Waals surface area (Å²) in [6, 6.07) is 10.9. The van der Waals surface area contributed by atoms with Gasteiger partial charge in [-0.1, -0.05) is 30.3 Å². The highest BCUT2D eigenvalue weighted by Gasteiger charge is 2.13. The third-order valence-corrected chi connectivity index (χ3v) is 3.45. The largest absolute Gasteiger partial charge is 0.465 e. The van der Waals surface area contributed by atoms with Crippen molar-refractivity contribution in [3.8, 4) is 0 Å². The molecule has 24 heavy (non-hydrogen) atoms. The van der Waals surface area contributed by atoms with Gasteiger partial charge in [-0.15, -0.1) is 0 Å². The fourth-order valence-electron chi connectivity index (χ4n) is 2.08. The van der Waals surface area contributed by atoms with Gasteiger partial charge in [0.2, 0.25) is 0 Å². The van der Waals surface area contributed by atoms with E-state index in [9.17, 15) is 19.7 Å². The number of carbonyl (C=O) groups excluding carboxylic acids is 2. The number of benzene rings is 2. The summed E-state index contributed by atoms with van der Waals surface area (Å²) >= 11 is 0. The molecule has 0 aliphatic carbocycles. The number of ketones is 1. The van der Waals surface area contributed by atoms with Crippen LogP contribution in [0.1, 0.15) is 31.8 Å². The van der Waals surface area contributed by atoms with Gasteiger partial charge < -0.3 is 4.74 Å². The molecular formula is C18H15NO5. The fourth-order valence-corrected chi connectivity index (χ4v) is 2.08.